The zero-order valence-electron chi connectivity index (χ0n) is 61.0. The fourth-order valence-corrected chi connectivity index (χ4v) is 12.9. The van der Waals surface area contributed by atoms with Crippen molar-refractivity contribution in [1.82, 2.24) is 9.13 Å². The normalized spacial score (nSPS) is 15.4. The van der Waals surface area contributed by atoms with Crippen molar-refractivity contribution < 1.29 is 23.3 Å². The Hall–Kier alpha value is -10.9. The lowest BCUT2D eigenvalue weighted by Crippen LogP contribution is -2.61. The first-order valence-corrected chi connectivity index (χ1v) is 27.3. The van der Waals surface area contributed by atoms with E-state index in [0.29, 0.717) is 45.0 Å². The minimum absolute atomic E-state index is 0.0710. The number of hydrogen-bond acceptors (Lipinski definition) is 2. The first-order valence-electron chi connectivity index (χ1n) is 35.8. The Morgan fingerprint density at radius 1 is 0.277 bits per heavy atom. The molecule has 0 saturated carbocycles. The first-order chi connectivity index (χ1) is 48.3. The zero-order valence-corrected chi connectivity index (χ0v) is 44.0. The number of aromatic nitrogens is 2. The second kappa shape index (κ2) is 18.9. The highest BCUT2D eigenvalue weighted by molar-refractivity contribution is 7.00. The lowest BCUT2D eigenvalue weighted by atomic mass is 9.33. The molecular weight excluding hydrogens is 1000 g/mol. The number of nitrogens with zero attached hydrogens (tertiary/aromatic N) is 4. The van der Waals surface area contributed by atoms with Crippen molar-refractivity contribution in [3.05, 3.63) is 309 Å². The van der Waals surface area contributed by atoms with E-state index in [1.54, 1.807) is 12.1 Å². The molecule has 0 atom stereocenters. The van der Waals surface area contributed by atoms with Crippen LogP contribution in [-0.4, -0.2) is 15.8 Å². The van der Waals surface area contributed by atoms with Gasteiger partial charge in [0.25, 0.3) is 6.71 Å². The summed E-state index contributed by atoms with van der Waals surface area (Å²) >= 11 is 0. The molecule has 2 aliphatic heterocycles. The number of anilines is 6. The molecule has 0 amide bonds. The van der Waals surface area contributed by atoms with Gasteiger partial charge in [0.1, 0.15) is 0 Å². The van der Waals surface area contributed by atoms with E-state index in [-0.39, 0.29) is 61.0 Å². The SMILES string of the molecule is [2H]c1cc2c3c(c1)N(c1c(-c4ccccc4)cccc1-c1ccccc1)c1cc(-n4c5c([2H])c([2H])c([2H])c([2H])c5c5c([2H])c([2H])c([2H])c([2H])c54)ccc1B3c1ccc(-n3c4c([2H])c([2H])c([2H])c([2H])c4c4c([2H])c([2H])c([2H])c([2H])c43)cc1N2c1c(-c2ccccc2)cccc1-c1ccccc1. The number of para-hydroxylation sites is 6. The van der Waals surface area contributed by atoms with Gasteiger partial charge in [-0.25, -0.2) is 0 Å². The molecule has 0 unspecified atom stereocenters. The van der Waals surface area contributed by atoms with Gasteiger partial charge >= 0.3 is 0 Å². The monoisotopic (exact) mass is 1070 g/mol. The van der Waals surface area contributed by atoms with Crippen molar-refractivity contribution in [2.45, 2.75) is 0 Å². The van der Waals surface area contributed by atoms with E-state index < -0.39 is 103 Å². The molecule has 0 radical (unpaired) electrons. The van der Waals surface area contributed by atoms with Gasteiger partial charge < -0.3 is 18.9 Å². The predicted octanol–water partition coefficient (Wildman–Crippen LogP) is 18.6. The highest BCUT2D eigenvalue weighted by Gasteiger charge is 2.45. The number of hydrogen-bond donors (Lipinski definition) is 0. The van der Waals surface area contributed by atoms with E-state index in [0.717, 1.165) is 50.0 Å². The fourth-order valence-electron chi connectivity index (χ4n) is 12.9. The summed E-state index contributed by atoms with van der Waals surface area (Å²) in [6.45, 7) is -0.778. The van der Waals surface area contributed by atoms with E-state index in [4.69, 9.17) is 11.0 Å². The number of benzene rings is 13. The molecule has 4 nitrogen and oxygen atoms in total. The highest BCUT2D eigenvalue weighted by atomic mass is 15.2. The first kappa shape index (κ1) is 33.0. The van der Waals surface area contributed by atoms with Crippen LogP contribution in [0.25, 0.3) is 99.5 Å². The second-order valence-electron chi connectivity index (χ2n) is 20.7. The molecular formula is C78H51BN4. The van der Waals surface area contributed by atoms with Crippen LogP contribution in [0.5, 0.6) is 0 Å². The average Bonchev–Trinajstić information content (AvgIpc) is 0.885. The maximum atomic E-state index is 10.4. The fraction of sp³-hybridized carbons (Fsp3) is 0. The van der Waals surface area contributed by atoms with E-state index in [2.05, 4.69) is 9.80 Å². The second-order valence-corrected chi connectivity index (χ2v) is 20.7. The van der Waals surface area contributed by atoms with E-state index in [9.17, 15) is 12.3 Å². The summed E-state index contributed by atoms with van der Waals surface area (Å²) < 4.78 is 161. The van der Waals surface area contributed by atoms with E-state index in [1.165, 1.54) is 9.13 Å². The third kappa shape index (κ3) is 7.21. The van der Waals surface area contributed by atoms with Crippen LogP contribution in [0.15, 0.2) is 309 Å². The minimum atomic E-state index is -0.778. The zero-order chi connectivity index (χ0) is 69.3. The summed E-state index contributed by atoms with van der Waals surface area (Å²) in [7, 11) is 0. The molecule has 4 heterocycles. The lowest BCUT2D eigenvalue weighted by Gasteiger charge is -2.45. The minimum Gasteiger partial charge on any atom is -0.310 e. The van der Waals surface area contributed by atoms with Crippen LogP contribution in [-0.2, 0) is 0 Å². The molecule has 0 bridgehead atoms. The van der Waals surface area contributed by atoms with Crippen molar-refractivity contribution in [1.29, 1.82) is 0 Å². The molecule has 2 aliphatic rings. The molecule has 0 fully saturated rings. The maximum absolute atomic E-state index is 10.4. The topological polar surface area (TPSA) is 16.3 Å². The van der Waals surface area contributed by atoms with Crippen LogP contribution in [0.1, 0.15) is 23.3 Å². The van der Waals surface area contributed by atoms with Crippen molar-refractivity contribution in [3.63, 3.8) is 0 Å². The van der Waals surface area contributed by atoms with E-state index >= 15 is 0 Å². The van der Waals surface area contributed by atoms with Gasteiger partial charge in [-0.15, -0.1) is 0 Å². The summed E-state index contributed by atoms with van der Waals surface area (Å²) in [5, 5.41) is -0.354. The molecule has 0 N–H and O–H groups in total. The average molecular weight is 1070 g/mol. The van der Waals surface area contributed by atoms with Crippen LogP contribution >= 0.6 is 0 Å². The molecule has 13 aromatic carbocycles. The Morgan fingerprint density at radius 3 is 0.916 bits per heavy atom. The Kier molecular flexibility index (Phi) is 7.51. The van der Waals surface area contributed by atoms with Gasteiger partial charge in [0.15, 0.2) is 0 Å². The Labute approximate surface area is 506 Å². The molecule has 17 rings (SSSR count). The lowest BCUT2D eigenvalue weighted by molar-refractivity contribution is 1.17. The Morgan fingerprint density at radius 2 is 0.590 bits per heavy atom. The van der Waals surface area contributed by atoms with Gasteiger partial charge in [-0.1, -0.05) is 248 Å². The summed E-state index contributed by atoms with van der Waals surface area (Å²) in [5.74, 6) is 0. The molecule has 2 aromatic heterocycles. The maximum Gasteiger partial charge on any atom is 0.252 e. The summed E-state index contributed by atoms with van der Waals surface area (Å²) in [5.41, 5.74) is 12.5. The summed E-state index contributed by atoms with van der Waals surface area (Å²) in [6.07, 6.45) is 0. The quantitative estimate of drug-likeness (QED) is 0.141. The molecule has 83 heavy (non-hydrogen) atoms. The summed E-state index contributed by atoms with van der Waals surface area (Å²) in [6, 6.07) is 58.5. The number of fused-ring (bicyclic) bond motifs is 10. The number of rotatable bonds is 8. The van der Waals surface area contributed by atoms with Crippen LogP contribution in [0.4, 0.5) is 34.1 Å². The Bertz CT molecular complexity index is 5450. The van der Waals surface area contributed by atoms with Gasteiger partial charge in [-0.05, 0) is 99.2 Å². The Balaban J connectivity index is 1.06. The molecule has 0 spiro atoms. The molecule has 0 aliphatic carbocycles. The van der Waals surface area contributed by atoms with Gasteiger partial charge in [-0.3, -0.25) is 0 Å². The van der Waals surface area contributed by atoms with Crippen molar-refractivity contribution in [2.75, 3.05) is 9.80 Å². The summed E-state index contributed by atoms with van der Waals surface area (Å²) in [4.78, 5) is 4.29. The molecule has 0 saturated heterocycles. The third-order valence-corrected chi connectivity index (χ3v) is 16.3. The van der Waals surface area contributed by atoms with Crippen LogP contribution < -0.4 is 26.2 Å². The van der Waals surface area contributed by atoms with Gasteiger partial charge in [0.2, 0.25) is 0 Å². The van der Waals surface area contributed by atoms with E-state index in [1.807, 2.05) is 194 Å². The van der Waals surface area contributed by atoms with Crippen molar-refractivity contribution >= 4 is 101 Å². The molecule has 386 valence electrons. The van der Waals surface area contributed by atoms with Crippen molar-refractivity contribution in [3.8, 4) is 55.9 Å². The molecule has 5 heteroatoms. The standard InChI is InChI=1S/C78H51BN4/c1-5-24-52(25-6-1)58-36-21-37-59(53-26-7-2-8-27-53)77(58)82-72-44-23-45-73-76(72)79(66-48-46-56(50-74(66)82)80-68-40-17-13-32-62(68)63-33-14-18-41-69(63)80)67-49-47-57(81-70-42-19-15-34-64(70)65-35-16-20-43-71(65)81)51-75(67)83(73)78-60(54-28-9-3-10-29-54)38-22-39-61(78)55-30-11-4-12-31-55/h1-51H/i13D,14D,15D,16D,17D,18D,19D,20D,23D,32D,33D,34D,35D,40D,41D,42D,43D. The predicted molar refractivity (Wildman–Crippen MR) is 351 cm³/mol. The van der Waals surface area contributed by atoms with Crippen LogP contribution in [0, 0.1) is 0 Å². The van der Waals surface area contributed by atoms with Gasteiger partial charge in [-0.2, -0.15) is 0 Å². The smallest absolute Gasteiger partial charge is 0.252 e. The highest BCUT2D eigenvalue weighted by Crippen LogP contribution is 2.53. The third-order valence-electron chi connectivity index (χ3n) is 16.3. The molecule has 15 aromatic rings. The van der Waals surface area contributed by atoms with Crippen LogP contribution in [0.3, 0.4) is 0 Å². The van der Waals surface area contributed by atoms with Gasteiger partial charge in [0, 0.05) is 77.9 Å². The van der Waals surface area contributed by atoms with Crippen molar-refractivity contribution in [2.24, 2.45) is 0 Å². The van der Waals surface area contributed by atoms with Crippen LogP contribution in [0.2, 0.25) is 0 Å². The van der Waals surface area contributed by atoms with Gasteiger partial charge in [0.05, 0.1) is 56.7 Å². The largest absolute Gasteiger partial charge is 0.310 e.